The minimum atomic E-state index is -0.323. The van der Waals surface area contributed by atoms with Crippen LogP contribution in [0.1, 0.15) is 47.9 Å². The quantitative estimate of drug-likeness (QED) is 0.186. The number of pyridine rings is 1. The van der Waals surface area contributed by atoms with Crippen LogP contribution in [0.3, 0.4) is 0 Å². The molecule has 0 aliphatic heterocycles. The molecule has 1 unspecified atom stereocenters. The maximum atomic E-state index is 14.2. The van der Waals surface area contributed by atoms with Crippen LogP contribution in [0.25, 0.3) is 54.7 Å². The van der Waals surface area contributed by atoms with Crippen molar-refractivity contribution in [3.05, 3.63) is 141 Å². The first kappa shape index (κ1) is 21.2. The lowest BCUT2D eigenvalue weighted by atomic mass is 9.67. The van der Waals surface area contributed by atoms with Crippen LogP contribution >= 0.6 is 0 Å². The number of para-hydroxylation sites is 1. The normalized spacial score (nSPS) is 19.2. The van der Waals surface area contributed by atoms with E-state index in [0.29, 0.717) is 0 Å². The number of fused-ring (bicyclic) bond motifs is 15. The lowest BCUT2D eigenvalue weighted by Gasteiger charge is -2.34. The fraction of sp³-hybridized carbons (Fsp3) is 0.132. The molecule has 0 bridgehead atoms. The number of hydrogen-bond donors (Lipinski definition) is 0. The van der Waals surface area contributed by atoms with E-state index in [-0.39, 0.29) is 11.0 Å². The second-order valence-electron chi connectivity index (χ2n) is 11.8. The van der Waals surface area contributed by atoms with Crippen molar-refractivity contribution >= 4 is 43.5 Å². The fourth-order valence-corrected chi connectivity index (χ4v) is 8.85. The van der Waals surface area contributed by atoms with Crippen molar-refractivity contribution in [3.63, 3.8) is 0 Å². The summed E-state index contributed by atoms with van der Waals surface area (Å²) in [6.07, 6.45) is 4.73. The van der Waals surface area contributed by atoms with Gasteiger partial charge in [0.1, 0.15) is 0 Å². The molecule has 5 aromatic carbocycles. The summed E-state index contributed by atoms with van der Waals surface area (Å²) >= 11 is 0. The Morgan fingerprint density at radius 1 is 0.575 bits per heavy atom. The van der Waals surface area contributed by atoms with Gasteiger partial charge in [-0.15, -0.1) is 0 Å². The Hall–Kier alpha value is -4.69. The Balaban J connectivity index is 1.50. The lowest BCUT2D eigenvalue weighted by Crippen LogP contribution is -2.28. The van der Waals surface area contributed by atoms with E-state index in [1.165, 1.54) is 57.0 Å². The molecule has 3 aliphatic carbocycles. The predicted molar refractivity (Wildman–Crippen MR) is 165 cm³/mol. The molecule has 188 valence electrons. The third-order valence-electron chi connectivity index (χ3n) is 10.2. The van der Waals surface area contributed by atoms with Crippen molar-refractivity contribution in [2.75, 3.05) is 0 Å². The van der Waals surface area contributed by atoms with Gasteiger partial charge < -0.3 is 0 Å². The van der Waals surface area contributed by atoms with Crippen molar-refractivity contribution in [1.82, 2.24) is 4.40 Å². The first-order valence-electron chi connectivity index (χ1n) is 14.5. The molecule has 40 heavy (non-hydrogen) atoms. The van der Waals surface area contributed by atoms with E-state index < -0.39 is 0 Å². The van der Waals surface area contributed by atoms with E-state index in [2.05, 4.69) is 84.9 Å². The second-order valence-corrected chi connectivity index (χ2v) is 11.8. The van der Waals surface area contributed by atoms with Crippen molar-refractivity contribution in [1.29, 1.82) is 0 Å². The summed E-state index contributed by atoms with van der Waals surface area (Å²) < 4.78 is 2.01. The summed E-state index contributed by atoms with van der Waals surface area (Å²) in [5.74, 6) is 0. The van der Waals surface area contributed by atoms with Gasteiger partial charge >= 0.3 is 0 Å². The van der Waals surface area contributed by atoms with Crippen LogP contribution in [0.15, 0.2) is 113 Å². The van der Waals surface area contributed by atoms with Crippen LogP contribution < -0.4 is 5.56 Å². The number of hydrogen-bond acceptors (Lipinski definition) is 1. The highest BCUT2D eigenvalue weighted by Gasteiger charge is 2.54. The number of nitrogens with zero attached hydrogens (tertiary/aromatic N) is 1. The highest BCUT2D eigenvalue weighted by Crippen LogP contribution is 2.65. The highest BCUT2D eigenvalue weighted by atomic mass is 16.1. The van der Waals surface area contributed by atoms with Gasteiger partial charge in [0.25, 0.3) is 5.56 Å². The molecule has 0 amide bonds. The van der Waals surface area contributed by atoms with Gasteiger partial charge in [0.05, 0.1) is 16.4 Å². The summed E-state index contributed by atoms with van der Waals surface area (Å²) in [5, 5.41) is 5.38. The molecular weight excluding hydrogens is 486 g/mol. The molecule has 3 aliphatic rings. The SMILES string of the molecule is O=c1c2ccccc2c2cccc3c4c5c(ccc4n1c23)-c1ccccc1C51C2=C(CCCC2)c2ccccc21. The molecule has 0 fully saturated rings. The third-order valence-corrected chi connectivity index (χ3v) is 10.2. The minimum absolute atomic E-state index is 0.0724. The Morgan fingerprint density at radius 3 is 2.12 bits per heavy atom. The fourth-order valence-electron chi connectivity index (χ4n) is 8.85. The van der Waals surface area contributed by atoms with Crippen molar-refractivity contribution < 1.29 is 0 Å². The summed E-state index contributed by atoms with van der Waals surface area (Å²) in [5.41, 5.74) is 13.2. The number of rotatable bonds is 0. The molecule has 10 rings (SSSR count). The monoisotopic (exact) mass is 511 g/mol. The van der Waals surface area contributed by atoms with Gasteiger partial charge in [-0.05, 0) is 87.7 Å². The maximum absolute atomic E-state index is 14.2. The standard InChI is InChI=1S/C38H25NO/c40-37-28-14-2-1-10-22(28)27-15-9-16-29-34-33(39(37)36(27)29)21-20-26-25-13-5-8-19-32(25)38(35(26)34)30-17-6-3-11-23(30)24-12-4-7-18-31(24)38/h1-3,5-6,8-11,13-17,19-21H,4,7,12,18H2. The van der Waals surface area contributed by atoms with Crippen LogP contribution in [0.4, 0.5) is 0 Å². The maximum Gasteiger partial charge on any atom is 0.263 e. The zero-order valence-corrected chi connectivity index (χ0v) is 22.0. The summed E-state index contributed by atoms with van der Waals surface area (Å²) in [6.45, 7) is 0. The third kappa shape index (κ3) is 2.18. The molecule has 1 spiro atoms. The molecule has 1 atom stereocenters. The van der Waals surface area contributed by atoms with Crippen molar-refractivity contribution in [3.8, 4) is 11.1 Å². The van der Waals surface area contributed by atoms with Crippen LogP contribution in [-0.2, 0) is 5.41 Å². The van der Waals surface area contributed by atoms with Gasteiger partial charge in [-0.1, -0.05) is 91.0 Å². The number of aromatic nitrogens is 1. The average Bonchev–Trinajstić information content (AvgIpc) is 3.62. The van der Waals surface area contributed by atoms with Crippen LogP contribution in [-0.4, -0.2) is 4.40 Å². The molecule has 7 aromatic rings. The van der Waals surface area contributed by atoms with Crippen molar-refractivity contribution in [2.45, 2.75) is 31.1 Å². The molecule has 0 saturated heterocycles. The zero-order chi connectivity index (χ0) is 26.2. The highest BCUT2D eigenvalue weighted by molar-refractivity contribution is 6.23. The number of allylic oxidation sites excluding steroid dienone is 2. The van der Waals surface area contributed by atoms with E-state index in [1.54, 1.807) is 11.1 Å². The Morgan fingerprint density at radius 2 is 1.25 bits per heavy atom. The smallest absolute Gasteiger partial charge is 0.263 e. The Labute approximate surface area is 231 Å². The zero-order valence-electron chi connectivity index (χ0n) is 22.0. The molecular formula is C38H25NO. The van der Waals surface area contributed by atoms with Crippen LogP contribution in [0, 0.1) is 0 Å². The predicted octanol–water partition coefficient (Wildman–Crippen LogP) is 8.85. The molecule has 2 aromatic heterocycles. The molecule has 2 heterocycles. The topological polar surface area (TPSA) is 21.5 Å². The van der Waals surface area contributed by atoms with Gasteiger partial charge in [0.15, 0.2) is 0 Å². The molecule has 2 heteroatoms. The largest absolute Gasteiger partial charge is 0.275 e. The van der Waals surface area contributed by atoms with Crippen LogP contribution in [0.2, 0.25) is 0 Å². The molecule has 0 radical (unpaired) electrons. The summed E-state index contributed by atoms with van der Waals surface area (Å²) in [4.78, 5) is 14.2. The van der Waals surface area contributed by atoms with Gasteiger partial charge in [0.2, 0.25) is 0 Å². The summed E-state index contributed by atoms with van der Waals surface area (Å²) in [6, 6.07) is 37.4. The first-order chi connectivity index (χ1) is 19.8. The molecule has 2 nitrogen and oxygen atoms in total. The van der Waals surface area contributed by atoms with E-state index in [1.807, 2.05) is 22.6 Å². The van der Waals surface area contributed by atoms with Gasteiger partial charge in [-0.25, -0.2) is 0 Å². The van der Waals surface area contributed by atoms with Gasteiger partial charge in [-0.3, -0.25) is 9.20 Å². The summed E-state index contributed by atoms with van der Waals surface area (Å²) in [7, 11) is 0. The van der Waals surface area contributed by atoms with E-state index >= 15 is 0 Å². The minimum Gasteiger partial charge on any atom is -0.275 e. The lowest BCUT2D eigenvalue weighted by molar-refractivity contribution is 0.644. The average molecular weight is 512 g/mol. The second kappa shape index (κ2) is 7.08. The van der Waals surface area contributed by atoms with Gasteiger partial charge in [-0.2, -0.15) is 0 Å². The molecule has 0 saturated carbocycles. The van der Waals surface area contributed by atoms with E-state index in [4.69, 9.17) is 0 Å². The Bertz CT molecular complexity index is 2350. The van der Waals surface area contributed by atoms with E-state index in [0.717, 1.165) is 40.0 Å². The van der Waals surface area contributed by atoms with Crippen LogP contribution in [0.5, 0.6) is 0 Å². The van der Waals surface area contributed by atoms with E-state index in [9.17, 15) is 4.79 Å². The number of benzene rings is 5. The first-order valence-corrected chi connectivity index (χ1v) is 14.5. The molecule has 0 N–H and O–H groups in total. The van der Waals surface area contributed by atoms with Gasteiger partial charge in [0, 0.05) is 21.5 Å². The Kier molecular flexibility index (Phi) is 3.75. The van der Waals surface area contributed by atoms with Crippen molar-refractivity contribution in [2.24, 2.45) is 0 Å².